The van der Waals surface area contributed by atoms with Crippen molar-refractivity contribution >= 4 is 23.4 Å². The van der Waals surface area contributed by atoms with Crippen molar-refractivity contribution in [3.05, 3.63) is 29.8 Å². The predicted molar refractivity (Wildman–Crippen MR) is 91.8 cm³/mol. The van der Waals surface area contributed by atoms with Crippen molar-refractivity contribution in [3.8, 4) is 0 Å². The van der Waals surface area contributed by atoms with E-state index in [1.54, 1.807) is 29.2 Å². The fraction of sp³-hybridized carbons (Fsp3) is 0.471. The van der Waals surface area contributed by atoms with Crippen LogP contribution in [0.1, 0.15) is 30.1 Å². The summed E-state index contributed by atoms with van der Waals surface area (Å²) in [5, 5.41) is 8.29. The van der Waals surface area contributed by atoms with Crippen molar-refractivity contribution in [2.45, 2.75) is 19.8 Å². The van der Waals surface area contributed by atoms with Gasteiger partial charge in [-0.1, -0.05) is 12.1 Å². The van der Waals surface area contributed by atoms with Crippen LogP contribution in [0.15, 0.2) is 24.3 Å². The maximum absolute atomic E-state index is 12.0. The van der Waals surface area contributed by atoms with E-state index in [1.807, 2.05) is 6.92 Å². The first kappa shape index (κ1) is 17.8. The van der Waals surface area contributed by atoms with Crippen LogP contribution in [0.2, 0.25) is 0 Å². The summed E-state index contributed by atoms with van der Waals surface area (Å²) in [5.41, 5.74) is 1.07. The number of rotatable bonds is 7. The first-order valence-electron chi connectivity index (χ1n) is 8.27. The van der Waals surface area contributed by atoms with Gasteiger partial charge in [0.05, 0.1) is 18.7 Å². The highest BCUT2D eigenvalue weighted by Crippen LogP contribution is 2.14. The minimum Gasteiger partial charge on any atom is -0.376 e. The molecule has 0 spiro atoms. The molecule has 0 unspecified atom stereocenters. The first-order valence-corrected chi connectivity index (χ1v) is 8.27. The lowest BCUT2D eigenvalue weighted by Crippen LogP contribution is -2.40. The third-order valence-electron chi connectivity index (χ3n) is 3.84. The largest absolute Gasteiger partial charge is 0.376 e. The Kier molecular flexibility index (Phi) is 6.60. The highest BCUT2D eigenvalue weighted by molar-refractivity contribution is 6.00. The van der Waals surface area contributed by atoms with E-state index < -0.39 is 0 Å². The number of amides is 3. The molecule has 1 aliphatic rings. The lowest BCUT2D eigenvalue weighted by molar-refractivity contribution is -0.131. The molecule has 24 heavy (non-hydrogen) atoms. The zero-order chi connectivity index (χ0) is 17.4. The van der Waals surface area contributed by atoms with E-state index in [2.05, 4.69) is 16.0 Å². The number of carbonyl (C=O) groups is 3. The third-order valence-corrected chi connectivity index (χ3v) is 3.84. The summed E-state index contributed by atoms with van der Waals surface area (Å²) in [6.07, 6.45) is 2.05. The van der Waals surface area contributed by atoms with Gasteiger partial charge in [-0.05, 0) is 31.9 Å². The third kappa shape index (κ3) is 4.97. The molecule has 1 aliphatic heterocycles. The molecule has 0 aliphatic carbocycles. The molecule has 7 heteroatoms. The average Bonchev–Trinajstić information content (AvgIpc) is 3.13. The number of hydrogen-bond acceptors (Lipinski definition) is 4. The molecule has 1 aromatic rings. The van der Waals surface area contributed by atoms with Crippen LogP contribution in [-0.4, -0.2) is 55.3 Å². The Morgan fingerprint density at radius 2 is 1.75 bits per heavy atom. The SMILES string of the molecule is CCNC(=O)c1ccccc1NCC(=O)NCC(=O)N1CCCC1. The first-order chi connectivity index (χ1) is 11.6. The Balaban J connectivity index is 1.81. The molecular formula is C17H24N4O3. The lowest BCUT2D eigenvalue weighted by Gasteiger charge is -2.16. The van der Waals surface area contributed by atoms with Gasteiger partial charge < -0.3 is 20.9 Å². The van der Waals surface area contributed by atoms with Crippen LogP contribution in [0.4, 0.5) is 5.69 Å². The van der Waals surface area contributed by atoms with Crippen molar-refractivity contribution in [2.75, 3.05) is 38.0 Å². The summed E-state index contributed by atoms with van der Waals surface area (Å²) < 4.78 is 0. The van der Waals surface area contributed by atoms with Gasteiger partial charge in [0.2, 0.25) is 11.8 Å². The van der Waals surface area contributed by atoms with Crippen molar-refractivity contribution in [1.82, 2.24) is 15.5 Å². The molecule has 3 amide bonds. The predicted octanol–water partition coefficient (Wildman–Crippen LogP) is 0.587. The molecule has 130 valence electrons. The van der Waals surface area contributed by atoms with Crippen molar-refractivity contribution in [1.29, 1.82) is 0 Å². The normalized spacial score (nSPS) is 13.5. The fourth-order valence-electron chi connectivity index (χ4n) is 2.58. The topological polar surface area (TPSA) is 90.5 Å². The molecule has 1 fully saturated rings. The molecule has 0 atom stereocenters. The van der Waals surface area contributed by atoms with E-state index in [4.69, 9.17) is 0 Å². The number of benzene rings is 1. The van der Waals surface area contributed by atoms with Crippen LogP contribution >= 0.6 is 0 Å². The Morgan fingerprint density at radius 1 is 1.04 bits per heavy atom. The van der Waals surface area contributed by atoms with Crippen LogP contribution < -0.4 is 16.0 Å². The summed E-state index contributed by atoms with van der Waals surface area (Å²) in [7, 11) is 0. The van der Waals surface area contributed by atoms with E-state index >= 15 is 0 Å². The maximum atomic E-state index is 12.0. The summed E-state index contributed by atoms with van der Waals surface area (Å²) in [6.45, 7) is 3.94. The standard InChI is InChI=1S/C17H24N4O3/c1-2-18-17(24)13-7-3-4-8-14(13)19-11-15(22)20-12-16(23)21-9-5-6-10-21/h3-4,7-8,19H,2,5-6,9-12H2,1H3,(H,18,24)(H,20,22). The van der Waals surface area contributed by atoms with Crippen LogP contribution in [0, 0.1) is 0 Å². The average molecular weight is 332 g/mol. The van der Waals surface area contributed by atoms with Gasteiger partial charge in [-0.25, -0.2) is 0 Å². The van der Waals surface area contributed by atoms with Gasteiger partial charge in [0.15, 0.2) is 0 Å². The zero-order valence-electron chi connectivity index (χ0n) is 13.9. The monoisotopic (exact) mass is 332 g/mol. The highest BCUT2D eigenvalue weighted by atomic mass is 16.2. The van der Waals surface area contributed by atoms with Gasteiger partial charge in [-0.2, -0.15) is 0 Å². The smallest absolute Gasteiger partial charge is 0.253 e. The summed E-state index contributed by atoms with van der Waals surface area (Å²) in [6, 6.07) is 7.00. The maximum Gasteiger partial charge on any atom is 0.253 e. The van der Waals surface area contributed by atoms with Crippen LogP contribution in [0.5, 0.6) is 0 Å². The molecule has 1 heterocycles. The van der Waals surface area contributed by atoms with Gasteiger partial charge in [-0.3, -0.25) is 14.4 Å². The number of carbonyl (C=O) groups excluding carboxylic acids is 3. The second-order valence-electron chi connectivity index (χ2n) is 5.62. The summed E-state index contributed by atoms with van der Waals surface area (Å²) >= 11 is 0. The van der Waals surface area contributed by atoms with Gasteiger partial charge >= 0.3 is 0 Å². The summed E-state index contributed by atoms with van der Waals surface area (Å²) in [4.78, 5) is 37.5. The van der Waals surface area contributed by atoms with Gasteiger partial charge in [0.25, 0.3) is 5.91 Å². The minimum atomic E-state index is -0.284. The molecule has 0 radical (unpaired) electrons. The molecule has 7 nitrogen and oxygen atoms in total. The van der Waals surface area contributed by atoms with Gasteiger partial charge in [0.1, 0.15) is 0 Å². The van der Waals surface area contributed by atoms with Gasteiger partial charge in [0, 0.05) is 25.3 Å². The fourth-order valence-corrected chi connectivity index (χ4v) is 2.58. The highest BCUT2D eigenvalue weighted by Gasteiger charge is 2.18. The van der Waals surface area contributed by atoms with Crippen molar-refractivity contribution in [2.24, 2.45) is 0 Å². The van der Waals surface area contributed by atoms with E-state index in [0.29, 0.717) is 17.8 Å². The lowest BCUT2D eigenvalue weighted by atomic mass is 10.1. The quantitative estimate of drug-likeness (QED) is 0.681. The molecule has 0 bridgehead atoms. The summed E-state index contributed by atoms with van der Waals surface area (Å²) in [5.74, 6) is -0.526. The second-order valence-corrected chi connectivity index (χ2v) is 5.62. The van der Waals surface area contributed by atoms with Crippen LogP contribution in [0.3, 0.4) is 0 Å². The Morgan fingerprint density at radius 3 is 2.46 bits per heavy atom. The number of anilines is 1. The Labute approximate surface area is 141 Å². The number of likely N-dealkylation sites (tertiary alicyclic amines) is 1. The van der Waals surface area contributed by atoms with Crippen LogP contribution in [-0.2, 0) is 9.59 Å². The number of para-hydroxylation sites is 1. The van der Waals surface area contributed by atoms with Crippen LogP contribution in [0.25, 0.3) is 0 Å². The molecule has 0 aromatic heterocycles. The molecule has 1 aromatic carbocycles. The van der Waals surface area contributed by atoms with Gasteiger partial charge in [-0.15, -0.1) is 0 Å². The molecule has 1 saturated heterocycles. The van der Waals surface area contributed by atoms with E-state index in [-0.39, 0.29) is 30.8 Å². The number of hydrogen-bond donors (Lipinski definition) is 3. The molecular weight excluding hydrogens is 308 g/mol. The number of nitrogens with zero attached hydrogens (tertiary/aromatic N) is 1. The zero-order valence-corrected chi connectivity index (χ0v) is 13.9. The Hall–Kier alpha value is -2.57. The molecule has 2 rings (SSSR count). The van der Waals surface area contributed by atoms with E-state index in [0.717, 1.165) is 25.9 Å². The second kappa shape index (κ2) is 8.90. The molecule has 3 N–H and O–H groups in total. The van der Waals surface area contributed by atoms with Crippen molar-refractivity contribution in [3.63, 3.8) is 0 Å². The van der Waals surface area contributed by atoms with Crippen molar-refractivity contribution < 1.29 is 14.4 Å². The molecule has 0 saturated carbocycles. The Bertz CT molecular complexity index is 597. The van der Waals surface area contributed by atoms with E-state index in [1.165, 1.54) is 0 Å². The minimum absolute atomic E-state index is 0.00367. The number of nitrogens with one attached hydrogen (secondary N) is 3. The van der Waals surface area contributed by atoms with E-state index in [9.17, 15) is 14.4 Å².